The van der Waals surface area contributed by atoms with E-state index in [1.165, 1.54) is 0 Å². The Kier molecular flexibility index (Phi) is 3.48. The SMILES string of the molecule is Cc1c(C(=O)NN)cccc1-c1cc2ccccc2oc1=O. The van der Waals surface area contributed by atoms with Crippen molar-refractivity contribution < 1.29 is 9.21 Å². The normalized spacial score (nSPS) is 10.6. The molecule has 0 saturated carbocycles. The van der Waals surface area contributed by atoms with Crippen molar-refractivity contribution in [1.29, 1.82) is 0 Å². The molecule has 0 radical (unpaired) electrons. The molecular formula is C17H14N2O3. The number of hydrogen-bond donors (Lipinski definition) is 2. The Morgan fingerprint density at radius 1 is 1.09 bits per heavy atom. The smallest absolute Gasteiger partial charge is 0.344 e. The van der Waals surface area contributed by atoms with E-state index in [0.29, 0.717) is 27.8 Å². The summed E-state index contributed by atoms with van der Waals surface area (Å²) in [5.74, 6) is 4.79. The van der Waals surface area contributed by atoms with Gasteiger partial charge in [0.1, 0.15) is 5.58 Å². The van der Waals surface area contributed by atoms with Gasteiger partial charge in [0.05, 0.1) is 5.56 Å². The second-order valence-electron chi connectivity index (χ2n) is 4.94. The van der Waals surface area contributed by atoms with Crippen LogP contribution in [-0.4, -0.2) is 5.91 Å². The molecule has 1 aromatic heterocycles. The van der Waals surface area contributed by atoms with E-state index in [9.17, 15) is 9.59 Å². The summed E-state index contributed by atoms with van der Waals surface area (Å²) in [6.07, 6.45) is 0. The number of carbonyl (C=O) groups is 1. The lowest BCUT2D eigenvalue weighted by molar-refractivity contribution is 0.0953. The Balaban J connectivity index is 2.26. The van der Waals surface area contributed by atoms with E-state index in [-0.39, 0.29) is 0 Å². The highest BCUT2D eigenvalue weighted by Gasteiger charge is 2.15. The van der Waals surface area contributed by atoms with Crippen LogP contribution in [0.15, 0.2) is 57.7 Å². The summed E-state index contributed by atoms with van der Waals surface area (Å²) in [6.45, 7) is 1.77. The van der Waals surface area contributed by atoms with E-state index in [4.69, 9.17) is 10.3 Å². The number of para-hydroxylation sites is 1. The van der Waals surface area contributed by atoms with Gasteiger partial charge in [-0.1, -0.05) is 30.3 Å². The van der Waals surface area contributed by atoms with Crippen LogP contribution in [0.25, 0.3) is 22.1 Å². The first-order chi connectivity index (χ1) is 10.6. The van der Waals surface area contributed by atoms with E-state index in [0.717, 1.165) is 5.39 Å². The molecule has 3 N–H and O–H groups in total. The van der Waals surface area contributed by atoms with Crippen molar-refractivity contribution in [3.8, 4) is 11.1 Å². The molecule has 2 aromatic carbocycles. The number of fused-ring (bicyclic) bond motifs is 1. The Bertz CT molecular complexity index is 929. The number of carbonyl (C=O) groups excluding carboxylic acids is 1. The third-order valence-corrected chi connectivity index (χ3v) is 3.64. The van der Waals surface area contributed by atoms with Crippen LogP contribution < -0.4 is 16.9 Å². The van der Waals surface area contributed by atoms with Crippen LogP contribution in [0.4, 0.5) is 0 Å². The molecule has 22 heavy (non-hydrogen) atoms. The predicted octanol–water partition coefficient (Wildman–Crippen LogP) is 2.37. The van der Waals surface area contributed by atoms with Gasteiger partial charge in [0.15, 0.2) is 0 Å². The molecule has 0 unspecified atom stereocenters. The van der Waals surface area contributed by atoms with Crippen LogP contribution in [0.3, 0.4) is 0 Å². The third-order valence-electron chi connectivity index (χ3n) is 3.64. The number of hydrogen-bond acceptors (Lipinski definition) is 4. The molecule has 0 aliphatic heterocycles. The summed E-state index contributed by atoms with van der Waals surface area (Å²) < 4.78 is 5.35. The van der Waals surface area contributed by atoms with E-state index in [1.54, 1.807) is 37.3 Å². The number of hydrazine groups is 1. The second kappa shape index (κ2) is 5.46. The monoisotopic (exact) mass is 294 g/mol. The summed E-state index contributed by atoms with van der Waals surface area (Å²) in [4.78, 5) is 24.0. The summed E-state index contributed by atoms with van der Waals surface area (Å²) in [5.41, 5.74) is 4.37. The largest absolute Gasteiger partial charge is 0.422 e. The Morgan fingerprint density at radius 3 is 2.64 bits per heavy atom. The van der Waals surface area contributed by atoms with Crippen molar-refractivity contribution in [2.24, 2.45) is 5.84 Å². The van der Waals surface area contributed by atoms with Crippen molar-refractivity contribution in [2.45, 2.75) is 6.92 Å². The van der Waals surface area contributed by atoms with E-state index in [1.807, 2.05) is 18.2 Å². The number of nitrogens with two attached hydrogens (primary N) is 1. The molecule has 5 nitrogen and oxygen atoms in total. The van der Waals surface area contributed by atoms with Gasteiger partial charge in [-0.3, -0.25) is 10.2 Å². The first kappa shape index (κ1) is 14.0. The minimum atomic E-state index is -0.438. The van der Waals surface area contributed by atoms with Gasteiger partial charge in [-0.2, -0.15) is 0 Å². The number of benzene rings is 2. The molecule has 1 amide bonds. The first-order valence-electron chi connectivity index (χ1n) is 6.75. The van der Waals surface area contributed by atoms with Crippen LogP contribution in [0.1, 0.15) is 15.9 Å². The first-order valence-corrected chi connectivity index (χ1v) is 6.75. The Morgan fingerprint density at radius 2 is 1.86 bits per heavy atom. The highest BCUT2D eigenvalue weighted by atomic mass is 16.4. The minimum absolute atomic E-state index is 0.399. The molecule has 110 valence electrons. The molecule has 0 aliphatic carbocycles. The zero-order valence-electron chi connectivity index (χ0n) is 11.9. The Labute approximate surface area is 126 Å². The molecule has 3 aromatic rings. The number of rotatable bonds is 2. The fourth-order valence-corrected chi connectivity index (χ4v) is 2.50. The fraction of sp³-hybridized carbons (Fsp3) is 0.0588. The average Bonchev–Trinajstić information content (AvgIpc) is 2.54. The fourth-order valence-electron chi connectivity index (χ4n) is 2.50. The van der Waals surface area contributed by atoms with Gasteiger partial charge in [-0.15, -0.1) is 0 Å². The van der Waals surface area contributed by atoms with Crippen molar-refractivity contribution in [1.82, 2.24) is 5.43 Å². The predicted molar refractivity (Wildman–Crippen MR) is 84.3 cm³/mol. The van der Waals surface area contributed by atoms with Gasteiger partial charge < -0.3 is 4.42 Å². The zero-order chi connectivity index (χ0) is 15.7. The van der Waals surface area contributed by atoms with Gasteiger partial charge >= 0.3 is 5.63 Å². The summed E-state index contributed by atoms with van der Waals surface area (Å²) in [7, 11) is 0. The van der Waals surface area contributed by atoms with Gasteiger partial charge in [0.2, 0.25) is 0 Å². The van der Waals surface area contributed by atoms with Crippen LogP contribution >= 0.6 is 0 Å². The van der Waals surface area contributed by atoms with Gasteiger partial charge in [-0.05, 0) is 36.2 Å². The van der Waals surface area contributed by atoms with Crippen LogP contribution in [0, 0.1) is 6.92 Å². The lowest BCUT2D eigenvalue weighted by Crippen LogP contribution is -2.30. The standard InChI is InChI=1S/C17H14N2O3/c1-10-12(6-4-7-13(10)16(20)19-18)14-9-11-5-2-3-8-15(11)22-17(14)21/h2-9H,18H2,1H3,(H,19,20). The van der Waals surface area contributed by atoms with Crippen LogP contribution in [0.2, 0.25) is 0 Å². The lowest BCUT2D eigenvalue weighted by Gasteiger charge is -2.10. The molecule has 1 heterocycles. The molecule has 3 rings (SSSR count). The van der Waals surface area contributed by atoms with Crippen molar-refractivity contribution in [3.05, 3.63) is 70.1 Å². The highest BCUT2D eigenvalue weighted by Crippen LogP contribution is 2.26. The zero-order valence-corrected chi connectivity index (χ0v) is 11.9. The number of amides is 1. The summed E-state index contributed by atoms with van der Waals surface area (Å²) >= 11 is 0. The Hall–Kier alpha value is -2.92. The maximum atomic E-state index is 12.2. The van der Waals surface area contributed by atoms with Crippen LogP contribution in [-0.2, 0) is 0 Å². The van der Waals surface area contributed by atoms with E-state index >= 15 is 0 Å². The average molecular weight is 294 g/mol. The topological polar surface area (TPSA) is 85.3 Å². The van der Waals surface area contributed by atoms with Gasteiger partial charge in [0, 0.05) is 10.9 Å². The minimum Gasteiger partial charge on any atom is -0.422 e. The van der Waals surface area contributed by atoms with Crippen molar-refractivity contribution in [3.63, 3.8) is 0 Å². The highest BCUT2D eigenvalue weighted by molar-refractivity contribution is 5.97. The molecule has 0 fully saturated rings. The maximum Gasteiger partial charge on any atom is 0.344 e. The summed E-state index contributed by atoms with van der Waals surface area (Å²) in [6, 6.07) is 14.2. The summed E-state index contributed by atoms with van der Waals surface area (Å²) in [5, 5.41) is 0.824. The molecule has 0 saturated heterocycles. The molecule has 0 atom stereocenters. The molecule has 0 bridgehead atoms. The third kappa shape index (κ3) is 2.27. The maximum absolute atomic E-state index is 12.2. The quantitative estimate of drug-likeness (QED) is 0.329. The van der Waals surface area contributed by atoms with E-state index in [2.05, 4.69) is 5.43 Å². The van der Waals surface area contributed by atoms with Crippen molar-refractivity contribution in [2.75, 3.05) is 0 Å². The molecular weight excluding hydrogens is 280 g/mol. The van der Waals surface area contributed by atoms with Gasteiger partial charge in [-0.25, -0.2) is 10.6 Å². The van der Waals surface area contributed by atoms with Crippen LogP contribution in [0.5, 0.6) is 0 Å². The van der Waals surface area contributed by atoms with E-state index < -0.39 is 11.5 Å². The molecule has 0 spiro atoms. The molecule has 0 aliphatic rings. The molecule has 5 heteroatoms. The van der Waals surface area contributed by atoms with Gasteiger partial charge in [0.25, 0.3) is 5.91 Å². The second-order valence-corrected chi connectivity index (χ2v) is 4.94. The number of nitrogens with one attached hydrogen (secondary N) is 1. The number of nitrogen functional groups attached to an aromatic ring is 1. The lowest BCUT2D eigenvalue weighted by atomic mass is 9.96. The van der Waals surface area contributed by atoms with Crippen molar-refractivity contribution >= 4 is 16.9 Å².